The molecule has 0 saturated carbocycles. The van der Waals surface area contributed by atoms with Gasteiger partial charge in [-0.05, 0) is 12.5 Å². The van der Waals surface area contributed by atoms with E-state index in [1.807, 2.05) is 18.2 Å². The zero-order valence-electron chi connectivity index (χ0n) is 14.6. The summed E-state index contributed by atoms with van der Waals surface area (Å²) in [7, 11) is 0. The van der Waals surface area contributed by atoms with Crippen LogP contribution in [0.25, 0.3) is 0 Å². The number of benzene rings is 1. The molecule has 7 nitrogen and oxygen atoms in total. The zero-order valence-corrected chi connectivity index (χ0v) is 14.6. The quantitative estimate of drug-likeness (QED) is 0.595. The van der Waals surface area contributed by atoms with Crippen LogP contribution in [0.3, 0.4) is 0 Å². The minimum absolute atomic E-state index is 0.0106. The first-order valence-corrected chi connectivity index (χ1v) is 8.59. The maximum Gasteiger partial charge on any atom is 0.396 e. The van der Waals surface area contributed by atoms with Gasteiger partial charge in [0, 0.05) is 45.7 Å². The molecule has 0 unspecified atom stereocenters. The van der Waals surface area contributed by atoms with Gasteiger partial charge in [-0.3, -0.25) is 14.5 Å². The van der Waals surface area contributed by atoms with E-state index in [1.165, 1.54) is 5.56 Å². The summed E-state index contributed by atoms with van der Waals surface area (Å²) in [4.78, 5) is 38.9. The van der Waals surface area contributed by atoms with Gasteiger partial charge >= 0.3 is 11.9 Å². The normalized spacial score (nSPS) is 14.8. The molecular formula is C18H25N3O4. The second-order valence-electron chi connectivity index (χ2n) is 5.87. The van der Waals surface area contributed by atoms with E-state index in [2.05, 4.69) is 27.1 Å². The fourth-order valence-corrected chi connectivity index (χ4v) is 2.71. The Bertz CT molecular complexity index is 583. The number of rotatable bonds is 6. The summed E-state index contributed by atoms with van der Waals surface area (Å²) < 4.78 is 4.59. The molecule has 0 aliphatic carbocycles. The van der Waals surface area contributed by atoms with E-state index in [4.69, 9.17) is 0 Å². The lowest BCUT2D eigenvalue weighted by atomic mass is 10.2. The number of nitrogens with zero attached hydrogens (tertiary/aromatic N) is 2. The fraction of sp³-hybridized carbons (Fsp3) is 0.500. The van der Waals surface area contributed by atoms with Crippen molar-refractivity contribution in [1.82, 2.24) is 15.1 Å². The van der Waals surface area contributed by atoms with Crippen molar-refractivity contribution >= 4 is 17.8 Å². The predicted molar refractivity (Wildman–Crippen MR) is 92.6 cm³/mol. The van der Waals surface area contributed by atoms with Crippen LogP contribution in [0.5, 0.6) is 0 Å². The second-order valence-corrected chi connectivity index (χ2v) is 5.87. The average molecular weight is 347 g/mol. The average Bonchev–Trinajstić information content (AvgIpc) is 2.63. The summed E-state index contributed by atoms with van der Waals surface area (Å²) in [6, 6.07) is 10.3. The molecule has 1 heterocycles. The molecule has 2 amide bonds. The van der Waals surface area contributed by atoms with E-state index < -0.39 is 11.9 Å². The summed E-state index contributed by atoms with van der Waals surface area (Å²) in [6.07, 6.45) is 0.184. The maximum absolute atomic E-state index is 12.2. The number of piperazine rings is 1. The molecule has 1 N–H and O–H groups in total. The van der Waals surface area contributed by atoms with Crippen LogP contribution < -0.4 is 5.32 Å². The highest BCUT2D eigenvalue weighted by molar-refractivity contribution is 6.32. The Morgan fingerprint density at radius 2 is 1.76 bits per heavy atom. The lowest BCUT2D eigenvalue weighted by molar-refractivity contribution is -0.154. The highest BCUT2D eigenvalue weighted by atomic mass is 16.5. The van der Waals surface area contributed by atoms with Gasteiger partial charge in [-0.15, -0.1) is 0 Å². The number of esters is 1. The van der Waals surface area contributed by atoms with Gasteiger partial charge in [0.2, 0.25) is 5.91 Å². The van der Waals surface area contributed by atoms with Crippen LogP contribution >= 0.6 is 0 Å². The highest BCUT2D eigenvalue weighted by Crippen LogP contribution is 2.09. The monoisotopic (exact) mass is 347 g/mol. The van der Waals surface area contributed by atoms with Crippen molar-refractivity contribution in [3.63, 3.8) is 0 Å². The molecule has 0 atom stereocenters. The predicted octanol–water partition coefficient (Wildman–Crippen LogP) is 0.400. The summed E-state index contributed by atoms with van der Waals surface area (Å²) in [5.74, 6) is -1.73. The number of hydrogen-bond acceptors (Lipinski definition) is 5. The van der Waals surface area contributed by atoms with Crippen LogP contribution in [-0.2, 0) is 25.7 Å². The topological polar surface area (TPSA) is 78.9 Å². The summed E-state index contributed by atoms with van der Waals surface area (Å²) in [5, 5.41) is 2.41. The molecule has 1 aromatic rings. The second kappa shape index (κ2) is 9.78. The third-order valence-corrected chi connectivity index (χ3v) is 4.06. The Balaban J connectivity index is 1.65. The molecule has 0 spiro atoms. The third-order valence-electron chi connectivity index (χ3n) is 4.06. The molecule has 0 aromatic heterocycles. The molecule has 1 aliphatic heterocycles. The molecular weight excluding hydrogens is 322 g/mol. The van der Waals surface area contributed by atoms with E-state index in [0.717, 1.165) is 19.6 Å². The van der Waals surface area contributed by atoms with Crippen molar-refractivity contribution in [2.45, 2.75) is 19.9 Å². The largest absolute Gasteiger partial charge is 0.459 e. The van der Waals surface area contributed by atoms with Crippen LogP contribution in [0.15, 0.2) is 30.3 Å². The van der Waals surface area contributed by atoms with Crippen LogP contribution in [0.4, 0.5) is 0 Å². The Hall–Kier alpha value is -2.41. The molecule has 0 radical (unpaired) electrons. The molecule has 7 heteroatoms. The standard InChI is InChI=1S/C18H25N3O4/c1-2-25-18(24)17(23)19-9-8-16(22)21-12-10-20(11-13-21)14-15-6-4-3-5-7-15/h3-7H,2,8-14H2,1H3,(H,19,23). The number of carbonyl (C=O) groups is 3. The number of carbonyl (C=O) groups excluding carboxylic acids is 3. The van der Waals surface area contributed by atoms with Crippen molar-refractivity contribution < 1.29 is 19.1 Å². The molecule has 25 heavy (non-hydrogen) atoms. The van der Waals surface area contributed by atoms with Gasteiger partial charge in [0.1, 0.15) is 0 Å². The summed E-state index contributed by atoms with van der Waals surface area (Å²) >= 11 is 0. The Kier molecular flexibility index (Phi) is 7.40. The van der Waals surface area contributed by atoms with Crippen LogP contribution in [0, 0.1) is 0 Å². The molecule has 0 bridgehead atoms. The van der Waals surface area contributed by atoms with E-state index >= 15 is 0 Å². The van der Waals surface area contributed by atoms with E-state index in [-0.39, 0.29) is 25.5 Å². The molecule has 2 rings (SSSR count). The maximum atomic E-state index is 12.2. The Labute approximate surface area is 147 Å². The van der Waals surface area contributed by atoms with E-state index in [9.17, 15) is 14.4 Å². The number of amides is 2. The molecule has 136 valence electrons. The van der Waals surface area contributed by atoms with Crippen LogP contribution in [0.2, 0.25) is 0 Å². The van der Waals surface area contributed by atoms with Gasteiger partial charge < -0.3 is 15.0 Å². The van der Waals surface area contributed by atoms with Gasteiger partial charge in [-0.2, -0.15) is 0 Å². The lowest BCUT2D eigenvalue weighted by Crippen LogP contribution is -2.48. The number of ether oxygens (including phenoxy) is 1. The smallest absolute Gasteiger partial charge is 0.396 e. The lowest BCUT2D eigenvalue weighted by Gasteiger charge is -2.34. The van der Waals surface area contributed by atoms with Gasteiger partial charge in [0.25, 0.3) is 0 Å². The van der Waals surface area contributed by atoms with Gasteiger partial charge in [0.05, 0.1) is 6.61 Å². The van der Waals surface area contributed by atoms with Crippen LogP contribution in [0.1, 0.15) is 18.9 Å². The fourth-order valence-electron chi connectivity index (χ4n) is 2.71. The SMILES string of the molecule is CCOC(=O)C(=O)NCCC(=O)N1CCN(Cc2ccccc2)CC1. The molecule has 1 saturated heterocycles. The minimum Gasteiger partial charge on any atom is -0.459 e. The van der Waals surface area contributed by atoms with Crippen molar-refractivity contribution in [2.75, 3.05) is 39.3 Å². The molecule has 1 aliphatic rings. The van der Waals surface area contributed by atoms with Gasteiger partial charge in [0.15, 0.2) is 0 Å². The molecule has 1 aromatic carbocycles. The zero-order chi connectivity index (χ0) is 18.1. The summed E-state index contributed by atoms with van der Waals surface area (Å²) in [5.41, 5.74) is 1.27. The highest BCUT2D eigenvalue weighted by Gasteiger charge is 2.21. The number of nitrogens with one attached hydrogen (secondary N) is 1. The van der Waals surface area contributed by atoms with Gasteiger partial charge in [-0.25, -0.2) is 4.79 Å². The van der Waals surface area contributed by atoms with E-state index in [1.54, 1.807) is 11.8 Å². The van der Waals surface area contributed by atoms with Crippen molar-refractivity contribution in [3.8, 4) is 0 Å². The first-order valence-electron chi connectivity index (χ1n) is 8.59. The Morgan fingerprint density at radius 1 is 1.08 bits per heavy atom. The molecule has 1 fully saturated rings. The first kappa shape index (κ1) is 18.9. The van der Waals surface area contributed by atoms with Crippen molar-refractivity contribution in [3.05, 3.63) is 35.9 Å². The third kappa shape index (κ3) is 6.19. The van der Waals surface area contributed by atoms with Crippen molar-refractivity contribution in [2.24, 2.45) is 0 Å². The number of hydrogen-bond donors (Lipinski definition) is 1. The first-order chi connectivity index (χ1) is 12.1. The summed E-state index contributed by atoms with van der Waals surface area (Å²) in [6.45, 7) is 5.82. The van der Waals surface area contributed by atoms with Crippen molar-refractivity contribution in [1.29, 1.82) is 0 Å². The van der Waals surface area contributed by atoms with Gasteiger partial charge in [-0.1, -0.05) is 30.3 Å². The Morgan fingerprint density at radius 3 is 2.40 bits per heavy atom. The minimum atomic E-state index is -0.913. The van der Waals surface area contributed by atoms with E-state index in [0.29, 0.717) is 13.1 Å². The van der Waals surface area contributed by atoms with Crippen LogP contribution in [-0.4, -0.2) is 66.9 Å².